The quantitative estimate of drug-likeness (QED) is 0.856. The number of nitrogens with two attached hydrogens (primary N) is 1. The minimum Gasteiger partial charge on any atom is -0.394 e. The molecule has 0 aliphatic carbocycles. The molecule has 1 aliphatic rings. The summed E-state index contributed by atoms with van der Waals surface area (Å²) < 4.78 is 5.65. The molecule has 0 amide bonds. The second kappa shape index (κ2) is 7.18. The smallest absolute Gasteiger partial charge is 0.0936 e. The van der Waals surface area contributed by atoms with Gasteiger partial charge in [0.25, 0.3) is 0 Å². The number of aliphatic hydroxyl groups is 1. The normalized spacial score (nSPS) is 25.6. The molecule has 1 aromatic carbocycles. The third kappa shape index (κ3) is 4.28. The number of ether oxygens (including phenoxy) is 1. The summed E-state index contributed by atoms with van der Waals surface area (Å²) in [5.74, 6) is 0. The van der Waals surface area contributed by atoms with Crippen LogP contribution in [0, 0.1) is 6.92 Å². The van der Waals surface area contributed by atoms with Crippen molar-refractivity contribution in [3.63, 3.8) is 0 Å². The predicted molar refractivity (Wildman–Crippen MR) is 80.6 cm³/mol. The Bertz CT molecular complexity index is 407. The van der Waals surface area contributed by atoms with Crippen LogP contribution < -0.4 is 5.73 Å². The fourth-order valence-corrected chi connectivity index (χ4v) is 2.73. The zero-order valence-electron chi connectivity index (χ0n) is 12.5. The van der Waals surface area contributed by atoms with Crippen molar-refractivity contribution < 1.29 is 9.84 Å². The van der Waals surface area contributed by atoms with Crippen molar-refractivity contribution in [2.75, 3.05) is 26.2 Å². The Balaban J connectivity index is 1.83. The van der Waals surface area contributed by atoms with Crippen LogP contribution >= 0.6 is 0 Å². The van der Waals surface area contributed by atoms with Crippen LogP contribution in [0.25, 0.3) is 0 Å². The van der Waals surface area contributed by atoms with E-state index in [9.17, 15) is 5.11 Å². The Morgan fingerprint density at radius 1 is 1.35 bits per heavy atom. The van der Waals surface area contributed by atoms with Gasteiger partial charge in [-0.2, -0.15) is 0 Å². The Morgan fingerprint density at radius 3 is 2.70 bits per heavy atom. The van der Waals surface area contributed by atoms with E-state index in [1.54, 1.807) is 0 Å². The molecule has 1 aromatic rings. The van der Waals surface area contributed by atoms with E-state index in [1.807, 2.05) is 0 Å². The second-order valence-corrected chi connectivity index (χ2v) is 5.82. The Hall–Kier alpha value is -0.940. The summed E-state index contributed by atoms with van der Waals surface area (Å²) in [4.78, 5) is 2.34. The summed E-state index contributed by atoms with van der Waals surface area (Å²) in [7, 11) is 0. The van der Waals surface area contributed by atoms with Gasteiger partial charge in [0.2, 0.25) is 0 Å². The number of hydrogen-bond acceptors (Lipinski definition) is 4. The van der Waals surface area contributed by atoms with Gasteiger partial charge in [0, 0.05) is 25.7 Å². The molecule has 0 saturated carbocycles. The molecule has 3 unspecified atom stereocenters. The highest BCUT2D eigenvalue weighted by atomic mass is 16.5. The molecule has 3 N–H and O–H groups in total. The fraction of sp³-hybridized carbons (Fsp3) is 0.625. The molecule has 1 aliphatic heterocycles. The third-order valence-electron chi connectivity index (χ3n) is 3.87. The van der Waals surface area contributed by atoms with E-state index < -0.39 is 0 Å². The summed E-state index contributed by atoms with van der Waals surface area (Å²) in [6.07, 6.45) is 1.04. The number of aliphatic hydroxyl groups excluding tert-OH is 1. The van der Waals surface area contributed by atoms with Crippen LogP contribution in [0.1, 0.15) is 30.5 Å². The van der Waals surface area contributed by atoms with Gasteiger partial charge in [-0.1, -0.05) is 29.8 Å². The van der Waals surface area contributed by atoms with E-state index in [4.69, 9.17) is 10.5 Å². The highest BCUT2D eigenvalue weighted by Crippen LogP contribution is 2.17. The van der Waals surface area contributed by atoms with E-state index >= 15 is 0 Å². The molecule has 1 saturated heterocycles. The molecular formula is C16H26N2O2. The van der Waals surface area contributed by atoms with Gasteiger partial charge in [-0.05, 0) is 25.8 Å². The van der Waals surface area contributed by atoms with Crippen LogP contribution in [0.2, 0.25) is 0 Å². The Morgan fingerprint density at radius 2 is 2.05 bits per heavy atom. The first-order valence-corrected chi connectivity index (χ1v) is 7.39. The molecular weight excluding hydrogens is 252 g/mol. The monoisotopic (exact) mass is 278 g/mol. The molecule has 1 heterocycles. The lowest BCUT2D eigenvalue weighted by molar-refractivity contribution is -0.0954. The minimum atomic E-state index is -0.0608. The predicted octanol–water partition coefficient (Wildman–Crippen LogP) is 1.47. The maximum absolute atomic E-state index is 9.23. The molecule has 0 radical (unpaired) electrons. The number of aryl methyl sites for hydroxylation is 1. The minimum absolute atomic E-state index is 0.0608. The lowest BCUT2D eigenvalue weighted by Crippen LogP contribution is -2.48. The number of rotatable bonds is 5. The van der Waals surface area contributed by atoms with Crippen LogP contribution in [0.3, 0.4) is 0 Å². The third-order valence-corrected chi connectivity index (χ3v) is 3.87. The van der Waals surface area contributed by atoms with E-state index in [0.717, 1.165) is 26.1 Å². The van der Waals surface area contributed by atoms with Gasteiger partial charge in [0.05, 0.1) is 18.8 Å². The van der Waals surface area contributed by atoms with Gasteiger partial charge in [-0.15, -0.1) is 0 Å². The first kappa shape index (κ1) is 15.4. The van der Waals surface area contributed by atoms with E-state index in [-0.39, 0.29) is 24.9 Å². The van der Waals surface area contributed by atoms with Gasteiger partial charge in [0.1, 0.15) is 0 Å². The molecule has 4 heteroatoms. The number of morpholine rings is 1. The van der Waals surface area contributed by atoms with Crippen LogP contribution in [-0.2, 0) is 4.74 Å². The van der Waals surface area contributed by atoms with Crippen molar-refractivity contribution in [3.05, 3.63) is 35.4 Å². The molecule has 112 valence electrons. The number of nitrogens with zero attached hydrogens (tertiary/aromatic N) is 1. The molecule has 0 bridgehead atoms. The Kier molecular flexibility index (Phi) is 5.54. The van der Waals surface area contributed by atoms with Crippen molar-refractivity contribution in [2.45, 2.75) is 38.5 Å². The summed E-state index contributed by atoms with van der Waals surface area (Å²) in [5, 5.41) is 9.23. The number of benzene rings is 1. The largest absolute Gasteiger partial charge is 0.394 e. The maximum atomic E-state index is 9.23. The summed E-state index contributed by atoms with van der Waals surface area (Å²) in [6.45, 7) is 6.87. The first-order chi connectivity index (χ1) is 9.58. The fourth-order valence-electron chi connectivity index (χ4n) is 2.73. The van der Waals surface area contributed by atoms with Gasteiger partial charge < -0.3 is 15.6 Å². The lowest BCUT2D eigenvalue weighted by atomic mass is 10.0. The highest BCUT2D eigenvalue weighted by molar-refractivity contribution is 5.23. The molecule has 20 heavy (non-hydrogen) atoms. The average Bonchev–Trinajstić information content (AvgIpc) is 2.45. The maximum Gasteiger partial charge on any atom is 0.0936 e. The second-order valence-electron chi connectivity index (χ2n) is 5.82. The van der Waals surface area contributed by atoms with Crippen LogP contribution in [0.5, 0.6) is 0 Å². The van der Waals surface area contributed by atoms with Crippen LogP contribution in [0.4, 0.5) is 0 Å². The van der Waals surface area contributed by atoms with Gasteiger partial charge in [-0.3, -0.25) is 4.90 Å². The van der Waals surface area contributed by atoms with Gasteiger partial charge in [0.15, 0.2) is 0 Å². The Labute approximate surface area is 121 Å². The molecule has 4 nitrogen and oxygen atoms in total. The van der Waals surface area contributed by atoms with Crippen molar-refractivity contribution in [2.24, 2.45) is 5.73 Å². The number of hydrogen-bond donors (Lipinski definition) is 2. The highest BCUT2D eigenvalue weighted by Gasteiger charge is 2.24. The van der Waals surface area contributed by atoms with Crippen LogP contribution in [0.15, 0.2) is 24.3 Å². The van der Waals surface area contributed by atoms with Crippen molar-refractivity contribution >= 4 is 0 Å². The molecule has 0 spiro atoms. The van der Waals surface area contributed by atoms with E-state index in [0.29, 0.717) is 0 Å². The zero-order valence-corrected chi connectivity index (χ0v) is 12.5. The average molecular weight is 278 g/mol. The zero-order chi connectivity index (χ0) is 14.5. The SMILES string of the molecule is Cc1ccc(C(N)CCN2CC(C)OC(CO)C2)cc1. The lowest BCUT2D eigenvalue weighted by Gasteiger charge is -2.36. The van der Waals surface area contributed by atoms with E-state index in [2.05, 4.69) is 43.0 Å². The molecule has 0 aromatic heterocycles. The topological polar surface area (TPSA) is 58.7 Å². The molecule has 1 fully saturated rings. The van der Waals surface area contributed by atoms with Crippen LogP contribution in [-0.4, -0.2) is 48.5 Å². The van der Waals surface area contributed by atoms with Crippen molar-refractivity contribution in [1.29, 1.82) is 0 Å². The summed E-state index contributed by atoms with van der Waals surface area (Å²) in [6, 6.07) is 8.50. The van der Waals surface area contributed by atoms with Crippen molar-refractivity contribution in [1.82, 2.24) is 4.90 Å². The molecule has 2 rings (SSSR count). The van der Waals surface area contributed by atoms with E-state index in [1.165, 1.54) is 11.1 Å². The molecule has 3 atom stereocenters. The van der Waals surface area contributed by atoms with Gasteiger partial charge >= 0.3 is 0 Å². The first-order valence-electron chi connectivity index (χ1n) is 7.39. The van der Waals surface area contributed by atoms with Crippen molar-refractivity contribution in [3.8, 4) is 0 Å². The summed E-state index contributed by atoms with van der Waals surface area (Å²) >= 11 is 0. The standard InChI is InChI=1S/C16H26N2O2/c1-12-3-5-14(6-4-12)16(17)7-8-18-9-13(2)20-15(10-18)11-19/h3-6,13,15-16,19H,7-11,17H2,1-2H3. The summed E-state index contributed by atoms with van der Waals surface area (Å²) in [5.41, 5.74) is 8.71. The van der Waals surface area contributed by atoms with Gasteiger partial charge in [-0.25, -0.2) is 0 Å².